The van der Waals surface area contributed by atoms with Gasteiger partial charge in [0.15, 0.2) is 0 Å². The van der Waals surface area contributed by atoms with E-state index in [2.05, 4.69) is 21.8 Å². The summed E-state index contributed by atoms with van der Waals surface area (Å²) in [5, 5.41) is 20.5. The Morgan fingerprint density at radius 3 is 2.59 bits per heavy atom. The first-order valence-electron chi connectivity index (χ1n) is 9.77. The maximum absolute atomic E-state index is 12.8. The summed E-state index contributed by atoms with van der Waals surface area (Å²) in [6.07, 6.45) is 5.68. The van der Waals surface area contributed by atoms with Crippen molar-refractivity contribution >= 4 is 17.5 Å². The summed E-state index contributed by atoms with van der Waals surface area (Å²) in [6.45, 7) is 5.29. The van der Waals surface area contributed by atoms with Crippen molar-refractivity contribution < 1.29 is 14.6 Å². The molecule has 2 N–H and O–H groups in total. The summed E-state index contributed by atoms with van der Waals surface area (Å²) in [5.41, 5.74) is 1.84. The van der Waals surface area contributed by atoms with E-state index in [1.54, 1.807) is 12.3 Å². The lowest BCUT2D eigenvalue weighted by atomic mass is 10.0. The van der Waals surface area contributed by atoms with Crippen LogP contribution < -0.4 is 21.2 Å². The van der Waals surface area contributed by atoms with Gasteiger partial charge in [-0.05, 0) is 44.2 Å². The normalized spacial score (nSPS) is 17.4. The topological polar surface area (TPSA) is 90.0 Å². The summed E-state index contributed by atoms with van der Waals surface area (Å²) in [4.78, 5) is 21.9. The van der Waals surface area contributed by atoms with E-state index in [9.17, 15) is 15.0 Å². The van der Waals surface area contributed by atoms with E-state index in [-0.39, 0.29) is 16.7 Å². The van der Waals surface area contributed by atoms with Gasteiger partial charge in [-0.2, -0.15) is 0 Å². The predicted octanol–water partition coefficient (Wildman–Crippen LogP) is 0.531. The van der Waals surface area contributed by atoms with Crippen LogP contribution in [0.25, 0.3) is 22.8 Å². The molecule has 29 heavy (non-hydrogen) atoms. The third-order valence-electron chi connectivity index (χ3n) is 5.66. The Kier molecular flexibility index (Phi) is 5.25. The molecule has 2 aliphatic rings. The summed E-state index contributed by atoms with van der Waals surface area (Å²) >= 11 is 0. The quantitative estimate of drug-likeness (QED) is 0.784. The third kappa shape index (κ3) is 3.59. The van der Waals surface area contributed by atoms with Crippen LogP contribution in [-0.2, 0) is 0 Å². The highest BCUT2D eigenvalue weighted by Gasteiger charge is 2.18. The highest BCUT2D eigenvalue weighted by Crippen LogP contribution is 2.21. The monoisotopic (exact) mass is 395 g/mol. The molecule has 0 radical (unpaired) electrons. The maximum atomic E-state index is 12.8. The van der Waals surface area contributed by atoms with Gasteiger partial charge in [-0.3, -0.25) is 0 Å². The molecule has 1 saturated heterocycles. The number of aliphatic hydroxyl groups excluding tert-OH is 2. The van der Waals surface area contributed by atoms with Crippen molar-refractivity contribution in [3.05, 3.63) is 56.8 Å². The Morgan fingerprint density at radius 2 is 1.93 bits per heavy atom. The number of allylic oxidation sites excluding steroid dienone is 1. The lowest BCUT2D eigenvalue weighted by Gasteiger charge is -2.33. The molecule has 1 fully saturated rings. The highest BCUT2D eigenvalue weighted by atomic mass is 16.4. The van der Waals surface area contributed by atoms with Gasteiger partial charge >= 0.3 is 5.63 Å². The van der Waals surface area contributed by atoms with Crippen molar-refractivity contribution in [3.63, 3.8) is 0 Å². The van der Waals surface area contributed by atoms with Gasteiger partial charge in [0, 0.05) is 43.2 Å². The molecular formula is C22H25N3O4. The molecule has 2 aromatic rings. The summed E-state index contributed by atoms with van der Waals surface area (Å²) < 4.78 is 5.55. The van der Waals surface area contributed by atoms with E-state index in [0.717, 1.165) is 37.6 Å². The van der Waals surface area contributed by atoms with Gasteiger partial charge < -0.3 is 24.4 Å². The standard InChI is InChI=1S/C22H25N3O4/c1-14-16-4-3-5-18(27)17(13-26)21(16)29-22(28)20(14)15-6-7-19(23-12-15)25-10-8-24(2)9-11-25/h4-7,12,26-27H,3,8-11,13H2,1-2H3. The largest absolute Gasteiger partial charge is 0.508 e. The van der Waals surface area contributed by atoms with Crippen LogP contribution in [0, 0.1) is 6.92 Å². The third-order valence-corrected chi connectivity index (χ3v) is 5.66. The molecule has 1 aliphatic heterocycles. The Labute approximate surface area is 168 Å². The zero-order valence-electron chi connectivity index (χ0n) is 16.7. The van der Waals surface area contributed by atoms with Gasteiger partial charge in [-0.1, -0.05) is 6.08 Å². The number of likely N-dealkylation sites (N-methyl/N-ethyl adjacent to an activating group) is 1. The van der Waals surface area contributed by atoms with Crippen molar-refractivity contribution in [2.45, 2.75) is 13.3 Å². The van der Waals surface area contributed by atoms with Crippen LogP contribution in [0.1, 0.15) is 12.0 Å². The summed E-state index contributed by atoms with van der Waals surface area (Å²) in [6, 6.07) is 3.84. The molecule has 2 aromatic heterocycles. The lowest BCUT2D eigenvalue weighted by molar-refractivity contribution is 0.312. The molecule has 4 rings (SSSR count). The Hall–Kier alpha value is -2.90. The van der Waals surface area contributed by atoms with E-state index in [0.29, 0.717) is 22.8 Å². The number of pyridine rings is 1. The van der Waals surface area contributed by atoms with Crippen LogP contribution >= 0.6 is 0 Å². The van der Waals surface area contributed by atoms with E-state index >= 15 is 0 Å². The zero-order valence-corrected chi connectivity index (χ0v) is 16.7. The molecule has 0 amide bonds. The fourth-order valence-electron chi connectivity index (χ4n) is 3.90. The molecule has 0 unspecified atom stereocenters. The average Bonchev–Trinajstić information content (AvgIpc) is 2.87. The second-order valence-electron chi connectivity index (χ2n) is 7.49. The van der Waals surface area contributed by atoms with Crippen LogP contribution in [0.2, 0.25) is 0 Å². The van der Waals surface area contributed by atoms with E-state index in [1.165, 1.54) is 0 Å². The number of aliphatic hydroxyl groups is 2. The van der Waals surface area contributed by atoms with Crippen LogP contribution in [0.3, 0.4) is 0 Å². The molecule has 3 heterocycles. The highest BCUT2D eigenvalue weighted by molar-refractivity contribution is 5.69. The molecule has 0 saturated carbocycles. The first-order valence-corrected chi connectivity index (χ1v) is 9.77. The molecule has 152 valence electrons. The molecule has 7 heteroatoms. The Bertz CT molecular complexity index is 1120. The fourth-order valence-corrected chi connectivity index (χ4v) is 3.90. The predicted molar refractivity (Wildman–Crippen MR) is 112 cm³/mol. The molecule has 0 aromatic carbocycles. The zero-order chi connectivity index (χ0) is 20.5. The lowest BCUT2D eigenvalue weighted by Crippen LogP contribution is -2.44. The van der Waals surface area contributed by atoms with E-state index < -0.39 is 12.2 Å². The number of hydrogen-bond donors (Lipinski definition) is 2. The minimum absolute atomic E-state index is 0.0593. The Balaban J connectivity index is 1.78. The van der Waals surface area contributed by atoms with Gasteiger partial charge in [0.1, 0.15) is 17.0 Å². The SMILES string of the molecule is Cc1c(-c2ccc(N3CCN(C)CC3)nc2)c(=O)oc2c1=CCC=C(O)C=2CO. The molecule has 0 atom stereocenters. The van der Waals surface area contributed by atoms with Crippen molar-refractivity contribution in [2.24, 2.45) is 0 Å². The van der Waals surface area contributed by atoms with E-state index in [4.69, 9.17) is 4.42 Å². The second-order valence-corrected chi connectivity index (χ2v) is 7.49. The van der Waals surface area contributed by atoms with Gasteiger partial charge in [-0.15, -0.1) is 0 Å². The first-order chi connectivity index (χ1) is 14.0. The molecule has 0 bridgehead atoms. The van der Waals surface area contributed by atoms with Crippen molar-refractivity contribution in [1.29, 1.82) is 0 Å². The maximum Gasteiger partial charge on any atom is 0.344 e. The smallest absolute Gasteiger partial charge is 0.344 e. The molecular weight excluding hydrogens is 370 g/mol. The number of aromatic nitrogens is 1. The van der Waals surface area contributed by atoms with Crippen molar-refractivity contribution in [1.82, 2.24) is 9.88 Å². The van der Waals surface area contributed by atoms with Gasteiger partial charge in [0.05, 0.1) is 17.7 Å². The summed E-state index contributed by atoms with van der Waals surface area (Å²) in [7, 11) is 2.11. The van der Waals surface area contributed by atoms with Crippen LogP contribution in [0.15, 0.2) is 39.4 Å². The average molecular weight is 395 g/mol. The number of rotatable bonds is 3. The van der Waals surface area contributed by atoms with Gasteiger partial charge in [0.2, 0.25) is 0 Å². The summed E-state index contributed by atoms with van der Waals surface area (Å²) in [5.74, 6) is 0.839. The van der Waals surface area contributed by atoms with Crippen LogP contribution in [0.4, 0.5) is 5.82 Å². The molecule has 0 spiro atoms. The number of nitrogens with zero attached hydrogens (tertiary/aromatic N) is 3. The molecule has 1 aliphatic carbocycles. The first kappa shape index (κ1) is 19.4. The van der Waals surface area contributed by atoms with Gasteiger partial charge in [0.25, 0.3) is 0 Å². The van der Waals surface area contributed by atoms with Crippen molar-refractivity contribution in [2.75, 3.05) is 44.7 Å². The minimum Gasteiger partial charge on any atom is -0.508 e. The fraction of sp³-hybridized carbons (Fsp3) is 0.364. The number of anilines is 1. The van der Waals surface area contributed by atoms with E-state index in [1.807, 2.05) is 25.1 Å². The number of hydrogen-bond acceptors (Lipinski definition) is 7. The van der Waals surface area contributed by atoms with Gasteiger partial charge in [-0.25, -0.2) is 9.78 Å². The number of fused-ring (bicyclic) bond motifs is 1. The second kappa shape index (κ2) is 7.85. The molecule has 7 nitrogen and oxygen atoms in total. The van der Waals surface area contributed by atoms with Crippen molar-refractivity contribution in [3.8, 4) is 11.1 Å². The Morgan fingerprint density at radius 1 is 1.17 bits per heavy atom. The van der Waals surface area contributed by atoms with Crippen LogP contribution in [0.5, 0.6) is 0 Å². The number of piperazine rings is 1. The van der Waals surface area contributed by atoms with Crippen LogP contribution in [-0.4, -0.2) is 59.9 Å². The minimum atomic E-state index is -0.510.